The highest BCUT2D eigenvalue weighted by molar-refractivity contribution is 9.09. The molecule has 110 valence electrons. The highest BCUT2D eigenvalue weighted by atomic mass is 79.9. The second-order valence-corrected chi connectivity index (χ2v) is 7.52. The monoisotopic (exact) mass is 366 g/mol. The molecule has 1 unspecified atom stereocenters. The third-order valence-corrected chi connectivity index (χ3v) is 4.94. The maximum atomic E-state index is 14.1. The molecular formula is C16H16BrFN2S. The molecule has 1 atom stereocenters. The van der Waals surface area contributed by atoms with Gasteiger partial charge >= 0.3 is 0 Å². The normalized spacial score (nSPS) is 15.2. The van der Waals surface area contributed by atoms with Crippen molar-refractivity contribution in [2.24, 2.45) is 0 Å². The van der Waals surface area contributed by atoms with E-state index in [0.717, 1.165) is 24.3 Å². The van der Waals surface area contributed by atoms with Crippen molar-refractivity contribution in [3.8, 4) is 0 Å². The number of para-hydroxylation sites is 3. The lowest BCUT2D eigenvalue weighted by molar-refractivity contribution is 0.630. The lowest BCUT2D eigenvalue weighted by Crippen LogP contribution is -2.17. The van der Waals surface area contributed by atoms with Crippen LogP contribution in [-0.4, -0.2) is 11.4 Å². The first-order valence-corrected chi connectivity index (χ1v) is 8.55. The first-order chi connectivity index (χ1) is 10.2. The van der Waals surface area contributed by atoms with E-state index in [9.17, 15) is 4.39 Å². The lowest BCUT2D eigenvalue weighted by atomic mass is 10.2. The Bertz CT molecular complexity index is 635. The summed E-state index contributed by atoms with van der Waals surface area (Å²) in [5.74, 6) is -0.199. The van der Waals surface area contributed by atoms with Crippen LogP contribution < -0.4 is 8.61 Å². The summed E-state index contributed by atoms with van der Waals surface area (Å²) in [4.78, 5) is 0.466. The number of halogens is 2. The van der Waals surface area contributed by atoms with Crippen LogP contribution in [0.4, 0.5) is 21.5 Å². The van der Waals surface area contributed by atoms with Crippen LogP contribution in [0.25, 0.3) is 0 Å². The molecule has 21 heavy (non-hydrogen) atoms. The van der Waals surface area contributed by atoms with Crippen molar-refractivity contribution in [2.75, 3.05) is 15.2 Å². The van der Waals surface area contributed by atoms with Crippen LogP contribution in [0.15, 0.2) is 48.5 Å². The van der Waals surface area contributed by atoms with Gasteiger partial charge in [-0.05, 0) is 30.7 Å². The fourth-order valence-electron chi connectivity index (χ4n) is 2.28. The van der Waals surface area contributed by atoms with Crippen LogP contribution in [-0.2, 0) is 0 Å². The molecule has 0 spiro atoms. The molecule has 0 radical (unpaired) electrons. The molecule has 1 aliphatic heterocycles. The van der Waals surface area contributed by atoms with Gasteiger partial charge in [-0.15, -0.1) is 0 Å². The molecule has 2 aromatic carbocycles. The predicted octanol–water partition coefficient (Wildman–Crippen LogP) is 5.52. The SMILES string of the molecule is CC(Br)CCN1SN(c2ccccc2F)c2ccccc21. The number of benzene rings is 2. The van der Waals surface area contributed by atoms with Crippen molar-refractivity contribution in [2.45, 2.75) is 18.2 Å². The number of nitrogens with zero attached hydrogens (tertiary/aromatic N) is 2. The van der Waals surface area contributed by atoms with E-state index in [2.05, 4.69) is 33.2 Å². The average Bonchev–Trinajstić information content (AvgIpc) is 2.84. The van der Waals surface area contributed by atoms with E-state index >= 15 is 0 Å². The second-order valence-electron chi connectivity index (χ2n) is 4.99. The molecule has 1 aliphatic rings. The summed E-state index contributed by atoms with van der Waals surface area (Å²) in [5.41, 5.74) is 2.78. The van der Waals surface area contributed by atoms with Crippen LogP contribution in [0.2, 0.25) is 0 Å². The van der Waals surface area contributed by atoms with Gasteiger partial charge in [0.25, 0.3) is 0 Å². The average molecular weight is 367 g/mol. The Kier molecular flexibility index (Phi) is 4.40. The quantitative estimate of drug-likeness (QED) is 0.519. The van der Waals surface area contributed by atoms with Gasteiger partial charge in [-0.3, -0.25) is 8.61 Å². The van der Waals surface area contributed by atoms with E-state index in [1.807, 2.05) is 34.6 Å². The molecule has 3 rings (SSSR count). The molecule has 1 heterocycles. The summed E-state index contributed by atoms with van der Waals surface area (Å²) in [6.07, 6.45) is 1.03. The van der Waals surface area contributed by atoms with Gasteiger partial charge in [-0.25, -0.2) is 4.39 Å². The Balaban J connectivity index is 1.93. The summed E-state index contributed by atoms with van der Waals surface area (Å²) in [6, 6.07) is 15.0. The van der Waals surface area contributed by atoms with Gasteiger partial charge in [0.1, 0.15) is 5.82 Å². The summed E-state index contributed by atoms with van der Waals surface area (Å²) in [5, 5.41) is 0. The summed E-state index contributed by atoms with van der Waals surface area (Å²) < 4.78 is 18.3. The molecule has 0 bridgehead atoms. The molecule has 0 saturated carbocycles. The smallest absolute Gasteiger partial charge is 0.147 e. The lowest BCUT2D eigenvalue weighted by Gasteiger charge is -2.20. The van der Waals surface area contributed by atoms with Gasteiger partial charge in [0.05, 0.1) is 29.2 Å². The minimum Gasteiger partial charge on any atom is -0.296 e. The molecule has 0 N–H and O–H groups in total. The minimum absolute atomic E-state index is 0.199. The highest BCUT2D eigenvalue weighted by Crippen LogP contribution is 2.49. The molecular weight excluding hydrogens is 351 g/mol. The molecule has 0 aromatic heterocycles. The summed E-state index contributed by atoms with van der Waals surface area (Å²) in [7, 11) is 0. The van der Waals surface area contributed by atoms with Crippen LogP contribution in [0.3, 0.4) is 0 Å². The zero-order chi connectivity index (χ0) is 14.8. The fraction of sp³-hybridized carbons (Fsp3) is 0.250. The third-order valence-electron chi connectivity index (χ3n) is 3.35. The van der Waals surface area contributed by atoms with Gasteiger partial charge in [-0.2, -0.15) is 0 Å². The topological polar surface area (TPSA) is 6.48 Å². The summed E-state index contributed by atoms with van der Waals surface area (Å²) in [6.45, 7) is 3.06. The van der Waals surface area contributed by atoms with E-state index in [0.29, 0.717) is 10.5 Å². The standard InChI is InChI=1S/C16H16BrFN2S/c1-12(17)10-11-19-15-8-4-5-9-16(15)20(21-19)14-7-3-2-6-13(14)18/h2-9,12H,10-11H2,1H3. The molecule has 0 aliphatic carbocycles. The van der Waals surface area contributed by atoms with E-state index in [1.54, 1.807) is 18.2 Å². The molecule has 2 aromatic rings. The number of rotatable bonds is 4. The van der Waals surface area contributed by atoms with Crippen LogP contribution in [0.1, 0.15) is 13.3 Å². The fourth-order valence-corrected chi connectivity index (χ4v) is 3.59. The van der Waals surface area contributed by atoms with Gasteiger partial charge in [-0.1, -0.05) is 47.1 Å². The van der Waals surface area contributed by atoms with E-state index in [1.165, 1.54) is 6.07 Å². The molecule has 0 fully saturated rings. The zero-order valence-corrected chi connectivity index (χ0v) is 14.1. The Morgan fingerprint density at radius 3 is 2.33 bits per heavy atom. The van der Waals surface area contributed by atoms with Crippen molar-refractivity contribution in [1.82, 2.24) is 0 Å². The Labute approximate surface area is 137 Å². The summed E-state index contributed by atoms with van der Waals surface area (Å²) >= 11 is 5.14. The van der Waals surface area contributed by atoms with E-state index < -0.39 is 0 Å². The predicted molar refractivity (Wildman–Crippen MR) is 92.9 cm³/mol. The molecule has 0 amide bonds. The highest BCUT2D eigenvalue weighted by Gasteiger charge is 2.29. The number of alkyl halides is 1. The van der Waals surface area contributed by atoms with Crippen molar-refractivity contribution in [3.05, 3.63) is 54.3 Å². The van der Waals surface area contributed by atoms with Crippen LogP contribution in [0.5, 0.6) is 0 Å². The Hall–Kier alpha value is -1.20. The largest absolute Gasteiger partial charge is 0.296 e. The van der Waals surface area contributed by atoms with E-state index in [4.69, 9.17) is 0 Å². The van der Waals surface area contributed by atoms with Crippen LogP contribution in [0, 0.1) is 5.82 Å². The second kappa shape index (κ2) is 6.28. The van der Waals surface area contributed by atoms with Gasteiger partial charge in [0.2, 0.25) is 0 Å². The van der Waals surface area contributed by atoms with Gasteiger partial charge in [0.15, 0.2) is 0 Å². The number of anilines is 3. The molecule has 2 nitrogen and oxygen atoms in total. The number of hydrogen-bond donors (Lipinski definition) is 0. The maximum Gasteiger partial charge on any atom is 0.147 e. The van der Waals surface area contributed by atoms with Crippen molar-refractivity contribution < 1.29 is 4.39 Å². The molecule has 5 heteroatoms. The first-order valence-electron chi connectivity index (χ1n) is 6.90. The number of hydrogen-bond acceptors (Lipinski definition) is 3. The number of fused-ring (bicyclic) bond motifs is 1. The van der Waals surface area contributed by atoms with Crippen molar-refractivity contribution in [1.29, 1.82) is 0 Å². The van der Waals surface area contributed by atoms with Crippen LogP contribution >= 0.6 is 28.1 Å². The first kappa shape index (κ1) is 14.7. The van der Waals surface area contributed by atoms with Gasteiger partial charge < -0.3 is 0 Å². The third kappa shape index (κ3) is 3.04. The van der Waals surface area contributed by atoms with E-state index in [-0.39, 0.29) is 5.82 Å². The maximum absolute atomic E-state index is 14.1. The molecule has 0 saturated heterocycles. The zero-order valence-electron chi connectivity index (χ0n) is 11.7. The van der Waals surface area contributed by atoms with Gasteiger partial charge in [0, 0.05) is 11.4 Å². The Morgan fingerprint density at radius 1 is 1.05 bits per heavy atom. The minimum atomic E-state index is -0.199. The van der Waals surface area contributed by atoms with Crippen molar-refractivity contribution >= 4 is 45.1 Å². The Morgan fingerprint density at radius 2 is 1.67 bits per heavy atom. The van der Waals surface area contributed by atoms with Crippen molar-refractivity contribution in [3.63, 3.8) is 0 Å².